The van der Waals surface area contributed by atoms with Crippen molar-refractivity contribution in [2.45, 2.75) is 62.8 Å². The zero-order valence-electron chi connectivity index (χ0n) is 12.9. The zero-order chi connectivity index (χ0) is 14.7. The summed E-state index contributed by atoms with van der Waals surface area (Å²) in [6.07, 6.45) is 9.05. The van der Waals surface area contributed by atoms with E-state index < -0.39 is 0 Å². The van der Waals surface area contributed by atoms with E-state index in [1.54, 1.807) is 7.11 Å². The minimum atomic E-state index is -0.357. The Balaban J connectivity index is 1.80. The van der Waals surface area contributed by atoms with Gasteiger partial charge in [-0.1, -0.05) is 43.9 Å². The van der Waals surface area contributed by atoms with Crippen LogP contribution in [0, 0.1) is 0 Å². The van der Waals surface area contributed by atoms with Crippen molar-refractivity contribution in [1.29, 1.82) is 0 Å². The molecule has 1 N–H and O–H groups in total. The third kappa shape index (κ3) is 2.66. The van der Waals surface area contributed by atoms with Crippen molar-refractivity contribution in [2.24, 2.45) is 0 Å². The maximum atomic E-state index is 12.9. The molecule has 21 heavy (non-hydrogen) atoms. The van der Waals surface area contributed by atoms with Crippen molar-refractivity contribution in [3.05, 3.63) is 29.8 Å². The van der Waals surface area contributed by atoms with Crippen molar-refractivity contribution in [3.63, 3.8) is 0 Å². The van der Waals surface area contributed by atoms with E-state index in [1.807, 2.05) is 18.2 Å². The molecule has 0 spiro atoms. The fraction of sp³-hybridized carbons (Fsp3) is 0.611. The lowest BCUT2D eigenvalue weighted by molar-refractivity contribution is -0.131. The molecule has 0 bridgehead atoms. The fourth-order valence-electron chi connectivity index (χ4n) is 3.76. The summed E-state index contributed by atoms with van der Waals surface area (Å²) < 4.78 is 5.49. The Hall–Kier alpha value is -1.51. The normalized spacial score (nSPS) is 21.4. The molecular formula is C18H25NO2. The molecule has 3 heteroatoms. The van der Waals surface area contributed by atoms with Crippen LogP contribution in [0.1, 0.15) is 56.9 Å². The van der Waals surface area contributed by atoms with Gasteiger partial charge in [0.2, 0.25) is 5.91 Å². The molecule has 2 saturated carbocycles. The molecule has 0 aliphatic heterocycles. The van der Waals surface area contributed by atoms with E-state index in [0.717, 1.165) is 43.4 Å². The summed E-state index contributed by atoms with van der Waals surface area (Å²) in [4.78, 5) is 12.9. The third-order valence-electron chi connectivity index (χ3n) is 5.20. The van der Waals surface area contributed by atoms with Crippen molar-refractivity contribution in [2.75, 3.05) is 7.11 Å². The van der Waals surface area contributed by atoms with Crippen LogP contribution in [0.4, 0.5) is 0 Å². The highest BCUT2D eigenvalue weighted by Crippen LogP contribution is 2.47. The Morgan fingerprint density at radius 3 is 2.48 bits per heavy atom. The molecular weight excluding hydrogens is 262 g/mol. The molecule has 3 rings (SSSR count). The number of rotatable bonds is 4. The van der Waals surface area contributed by atoms with Gasteiger partial charge in [-0.25, -0.2) is 0 Å². The fourth-order valence-corrected chi connectivity index (χ4v) is 3.76. The van der Waals surface area contributed by atoms with E-state index >= 15 is 0 Å². The van der Waals surface area contributed by atoms with Gasteiger partial charge in [0, 0.05) is 11.6 Å². The number of nitrogens with one attached hydrogen (secondary N) is 1. The first-order valence-electron chi connectivity index (χ1n) is 8.21. The highest BCUT2D eigenvalue weighted by molar-refractivity contribution is 5.90. The summed E-state index contributed by atoms with van der Waals surface area (Å²) in [5.74, 6) is 1.06. The summed E-state index contributed by atoms with van der Waals surface area (Å²) in [7, 11) is 1.68. The molecule has 0 heterocycles. The second-order valence-corrected chi connectivity index (χ2v) is 6.44. The molecule has 1 aromatic carbocycles. The number of benzene rings is 1. The van der Waals surface area contributed by atoms with Gasteiger partial charge in [0.25, 0.3) is 0 Å². The minimum Gasteiger partial charge on any atom is -0.496 e. The number of ether oxygens (including phenoxy) is 1. The highest BCUT2D eigenvalue weighted by Gasteiger charge is 2.47. The van der Waals surface area contributed by atoms with Gasteiger partial charge in [-0.2, -0.15) is 0 Å². The molecule has 0 saturated heterocycles. The van der Waals surface area contributed by atoms with Gasteiger partial charge in [0.05, 0.1) is 12.5 Å². The number of carbonyl (C=O) groups is 1. The van der Waals surface area contributed by atoms with Gasteiger partial charge in [-0.15, -0.1) is 0 Å². The van der Waals surface area contributed by atoms with Crippen LogP contribution in [0.2, 0.25) is 0 Å². The number of methoxy groups -OCH3 is 1. The monoisotopic (exact) mass is 287 g/mol. The van der Waals surface area contributed by atoms with Crippen LogP contribution in [0.5, 0.6) is 5.75 Å². The minimum absolute atomic E-state index is 0.213. The van der Waals surface area contributed by atoms with Gasteiger partial charge in [0.15, 0.2) is 0 Å². The Morgan fingerprint density at radius 1 is 1.14 bits per heavy atom. The Kier molecular flexibility index (Phi) is 4.18. The van der Waals surface area contributed by atoms with E-state index in [4.69, 9.17) is 4.74 Å². The molecule has 2 aliphatic carbocycles. The summed E-state index contributed by atoms with van der Waals surface area (Å²) in [6.45, 7) is 0. The highest BCUT2D eigenvalue weighted by atomic mass is 16.5. The maximum absolute atomic E-state index is 12.9. The molecule has 1 aromatic rings. The molecule has 2 aliphatic rings. The molecule has 0 unspecified atom stereocenters. The van der Waals surface area contributed by atoms with Crippen LogP contribution in [0.15, 0.2) is 24.3 Å². The van der Waals surface area contributed by atoms with Crippen molar-refractivity contribution in [3.8, 4) is 5.75 Å². The SMILES string of the molecule is COc1ccccc1C1(C(=O)NC2CCCCC2)CCC1. The van der Waals surface area contributed by atoms with E-state index in [0.29, 0.717) is 6.04 Å². The average molecular weight is 287 g/mol. The number of hydrogen-bond donors (Lipinski definition) is 1. The van der Waals surface area contributed by atoms with Gasteiger partial charge in [-0.3, -0.25) is 4.79 Å². The van der Waals surface area contributed by atoms with Crippen LogP contribution in [0.25, 0.3) is 0 Å². The third-order valence-corrected chi connectivity index (χ3v) is 5.20. The summed E-state index contributed by atoms with van der Waals surface area (Å²) in [6, 6.07) is 8.36. The van der Waals surface area contributed by atoms with E-state index in [1.165, 1.54) is 19.3 Å². The van der Waals surface area contributed by atoms with Crippen LogP contribution in [-0.4, -0.2) is 19.1 Å². The van der Waals surface area contributed by atoms with Crippen LogP contribution < -0.4 is 10.1 Å². The van der Waals surface area contributed by atoms with Gasteiger partial charge < -0.3 is 10.1 Å². The maximum Gasteiger partial charge on any atom is 0.231 e. The van der Waals surface area contributed by atoms with Crippen LogP contribution in [0.3, 0.4) is 0 Å². The quantitative estimate of drug-likeness (QED) is 0.919. The van der Waals surface area contributed by atoms with Crippen molar-refractivity contribution >= 4 is 5.91 Å². The second-order valence-electron chi connectivity index (χ2n) is 6.44. The molecule has 3 nitrogen and oxygen atoms in total. The Morgan fingerprint density at radius 2 is 1.86 bits per heavy atom. The van der Waals surface area contributed by atoms with Gasteiger partial charge in [0.1, 0.15) is 5.75 Å². The number of hydrogen-bond acceptors (Lipinski definition) is 2. The first-order chi connectivity index (χ1) is 10.3. The average Bonchev–Trinajstić information content (AvgIpc) is 2.48. The summed E-state index contributed by atoms with van der Waals surface area (Å²) in [5, 5.41) is 3.32. The lowest BCUT2D eigenvalue weighted by Crippen LogP contribution is -2.52. The van der Waals surface area contributed by atoms with E-state index in [2.05, 4.69) is 11.4 Å². The van der Waals surface area contributed by atoms with E-state index in [9.17, 15) is 4.79 Å². The van der Waals surface area contributed by atoms with E-state index in [-0.39, 0.29) is 11.3 Å². The lowest BCUT2D eigenvalue weighted by Gasteiger charge is -2.42. The summed E-state index contributed by atoms with van der Waals surface area (Å²) in [5.41, 5.74) is 0.705. The number of carbonyl (C=O) groups excluding carboxylic acids is 1. The lowest BCUT2D eigenvalue weighted by atomic mass is 9.63. The Labute approximate surface area is 127 Å². The van der Waals surface area contributed by atoms with Gasteiger partial charge >= 0.3 is 0 Å². The zero-order valence-corrected chi connectivity index (χ0v) is 12.9. The molecule has 0 atom stereocenters. The number of amides is 1. The topological polar surface area (TPSA) is 38.3 Å². The standard InChI is InChI=1S/C18H25NO2/c1-21-16-11-6-5-10-15(16)18(12-7-13-18)17(20)19-14-8-3-2-4-9-14/h5-6,10-11,14H,2-4,7-9,12-13H2,1H3,(H,19,20). The predicted molar refractivity (Wildman–Crippen MR) is 83.5 cm³/mol. The Bertz CT molecular complexity index is 502. The molecule has 1 amide bonds. The molecule has 114 valence electrons. The smallest absolute Gasteiger partial charge is 0.231 e. The summed E-state index contributed by atoms with van der Waals surface area (Å²) >= 11 is 0. The molecule has 0 aromatic heterocycles. The van der Waals surface area contributed by atoms with Crippen LogP contribution in [-0.2, 0) is 10.2 Å². The first-order valence-corrected chi connectivity index (χ1v) is 8.21. The van der Waals surface area contributed by atoms with Crippen LogP contribution >= 0.6 is 0 Å². The van der Waals surface area contributed by atoms with Crippen molar-refractivity contribution in [1.82, 2.24) is 5.32 Å². The first kappa shape index (κ1) is 14.4. The largest absolute Gasteiger partial charge is 0.496 e. The predicted octanol–water partition coefficient (Wildman–Crippen LogP) is 3.57. The molecule has 0 radical (unpaired) electrons. The second kappa shape index (κ2) is 6.08. The number of para-hydroxylation sites is 1. The molecule has 2 fully saturated rings. The van der Waals surface area contributed by atoms with Gasteiger partial charge in [-0.05, 0) is 31.7 Å². The van der Waals surface area contributed by atoms with Crippen molar-refractivity contribution < 1.29 is 9.53 Å².